The highest BCUT2D eigenvalue weighted by Crippen LogP contribution is 2.14. The molecule has 18 heavy (non-hydrogen) atoms. The van der Waals surface area contributed by atoms with E-state index in [2.05, 4.69) is 37.6 Å². The molecule has 2 N–H and O–H groups in total. The van der Waals surface area contributed by atoms with E-state index in [1.165, 1.54) is 0 Å². The van der Waals surface area contributed by atoms with Crippen LogP contribution in [0.5, 0.6) is 0 Å². The van der Waals surface area contributed by atoms with E-state index in [9.17, 15) is 9.59 Å². The number of benzene rings is 1. The molecule has 0 aliphatic heterocycles. The van der Waals surface area contributed by atoms with Gasteiger partial charge in [-0.15, -0.1) is 0 Å². The lowest BCUT2D eigenvalue weighted by atomic mass is 10.2. The van der Waals surface area contributed by atoms with E-state index in [-0.39, 0.29) is 11.3 Å². The predicted octanol–water partition coefficient (Wildman–Crippen LogP) is 2.23. The van der Waals surface area contributed by atoms with Crippen LogP contribution in [0.3, 0.4) is 0 Å². The average molecular weight is 358 g/mol. The zero-order chi connectivity index (χ0) is 13.1. The number of hydrogen-bond acceptors (Lipinski definition) is 4. The maximum absolute atomic E-state index is 11.8. The number of rotatable bonds is 3. The zero-order valence-electron chi connectivity index (χ0n) is 8.88. The van der Waals surface area contributed by atoms with E-state index in [1.54, 1.807) is 12.1 Å². The first-order valence-electron chi connectivity index (χ1n) is 4.82. The molecule has 0 unspecified atom stereocenters. The molecule has 0 saturated carbocycles. The van der Waals surface area contributed by atoms with E-state index in [1.807, 2.05) is 12.1 Å². The predicted molar refractivity (Wildman–Crippen MR) is 70.6 cm³/mol. The number of aromatic nitrogens is 1. The molecule has 0 atom stereocenters. The number of carbonyl (C=O) groups is 2. The molecule has 7 heteroatoms. The number of amides is 1. The highest BCUT2D eigenvalue weighted by molar-refractivity contribution is 14.1. The van der Waals surface area contributed by atoms with Gasteiger partial charge in [0.15, 0.2) is 5.69 Å². The Hall–Kier alpha value is -1.90. The lowest BCUT2D eigenvalue weighted by molar-refractivity contribution is 0.0692. The van der Waals surface area contributed by atoms with Crippen molar-refractivity contribution in [3.63, 3.8) is 0 Å². The largest absolute Gasteiger partial charge is 0.477 e. The Labute approximate surface area is 115 Å². The number of anilines is 1. The van der Waals surface area contributed by atoms with Gasteiger partial charge in [-0.2, -0.15) is 0 Å². The minimum atomic E-state index is -1.26. The SMILES string of the molecule is O=C(O)c1conc1C(=O)Nc1ccc(I)cc1. The molecule has 0 aliphatic rings. The van der Waals surface area contributed by atoms with Crippen molar-refractivity contribution in [3.8, 4) is 0 Å². The number of nitrogens with one attached hydrogen (secondary N) is 1. The molecule has 2 rings (SSSR count). The maximum atomic E-state index is 11.8. The highest BCUT2D eigenvalue weighted by Gasteiger charge is 2.21. The molecule has 0 saturated heterocycles. The van der Waals surface area contributed by atoms with Crippen molar-refractivity contribution in [2.24, 2.45) is 0 Å². The summed E-state index contributed by atoms with van der Waals surface area (Å²) in [6, 6.07) is 7.05. The van der Waals surface area contributed by atoms with Crippen LogP contribution in [-0.2, 0) is 0 Å². The van der Waals surface area contributed by atoms with Crippen LogP contribution in [0.2, 0.25) is 0 Å². The van der Waals surface area contributed by atoms with Crippen molar-refractivity contribution >= 4 is 40.2 Å². The van der Waals surface area contributed by atoms with Gasteiger partial charge in [0.25, 0.3) is 5.91 Å². The molecule has 0 fully saturated rings. The molecule has 1 heterocycles. The minimum Gasteiger partial charge on any atom is -0.477 e. The Bertz CT molecular complexity index is 591. The summed E-state index contributed by atoms with van der Waals surface area (Å²) in [4.78, 5) is 22.6. The summed E-state index contributed by atoms with van der Waals surface area (Å²) in [6.45, 7) is 0. The second-order valence-electron chi connectivity index (χ2n) is 3.34. The Morgan fingerprint density at radius 2 is 1.94 bits per heavy atom. The molecular formula is C11H7IN2O4. The summed E-state index contributed by atoms with van der Waals surface area (Å²) in [7, 11) is 0. The first-order valence-corrected chi connectivity index (χ1v) is 5.90. The minimum absolute atomic E-state index is 0.249. The van der Waals surface area contributed by atoms with Crippen molar-refractivity contribution < 1.29 is 19.2 Å². The van der Waals surface area contributed by atoms with Crippen molar-refractivity contribution in [2.45, 2.75) is 0 Å². The molecule has 1 amide bonds. The number of carboxylic acids is 1. The summed E-state index contributed by atoms with van der Waals surface area (Å²) in [5, 5.41) is 14.7. The number of aromatic carboxylic acids is 1. The van der Waals surface area contributed by atoms with Crippen LogP contribution in [0, 0.1) is 3.57 Å². The van der Waals surface area contributed by atoms with Crippen molar-refractivity contribution in [3.05, 3.63) is 45.4 Å². The van der Waals surface area contributed by atoms with E-state index >= 15 is 0 Å². The number of carbonyl (C=O) groups excluding carboxylic acids is 1. The first kappa shape index (κ1) is 12.6. The lowest BCUT2D eigenvalue weighted by Gasteiger charge is -2.03. The van der Waals surface area contributed by atoms with Gasteiger partial charge in [-0.25, -0.2) is 4.79 Å². The average Bonchev–Trinajstić information content (AvgIpc) is 2.81. The van der Waals surface area contributed by atoms with Gasteiger partial charge in [-0.05, 0) is 46.9 Å². The summed E-state index contributed by atoms with van der Waals surface area (Å²) in [6.07, 6.45) is 0.922. The molecular weight excluding hydrogens is 351 g/mol. The molecule has 1 aromatic carbocycles. The number of halogens is 1. The van der Waals surface area contributed by atoms with Crippen LogP contribution < -0.4 is 5.32 Å². The van der Waals surface area contributed by atoms with E-state index in [0.29, 0.717) is 5.69 Å². The fourth-order valence-corrected chi connectivity index (χ4v) is 1.64. The Kier molecular flexibility index (Phi) is 3.60. The van der Waals surface area contributed by atoms with Crippen LogP contribution in [0.15, 0.2) is 35.1 Å². The fraction of sp³-hybridized carbons (Fsp3) is 0. The van der Waals surface area contributed by atoms with Crippen LogP contribution in [-0.4, -0.2) is 22.1 Å². The van der Waals surface area contributed by atoms with Crippen molar-refractivity contribution in [1.29, 1.82) is 0 Å². The van der Waals surface area contributed by atoms with Gasteiger partial charge in [0.2, 0.25) is 0 Å². The smallest absolute Gasteiger partial charge is 0.341 e. The molecule has 1 aromatic heterocycles. The molecule has 0 radical (unpaired) electrons. The van der Waals surface area contributed by atoms with E-state index in [4.69, 9.17) is 5.11 Å². The quantitative estimate of drug-likeness (QED) is 0.821. The van der Waals surface area contributed by atoms with Gasteiger partial charge >= 0.3 is 5.97 Å². The summed E-state index contributed by atoms with van der Waals surface area (Å²) in [5.41, 5.74) is 0.0406. The molecule has 2 aromatic rings. The maximum Gasteiger partial charge on any atom is 0.341 e. The third kappa shape index (κ3) is 2.67. The second-order valence-corrected chi connectivity index (χ2v) is 4.59. The van der Waals surface area contributed by atoms with Crippen molar-refractivity contribution in [1.82, 2.24) is 5.16 Å². The first-order chi connectivity index (χ1) is 8.58. The topological polar surface area (TPSA) is 92.4 Å². The van der Waals surface area contributed by atoms with Crippen LogP contribution in [0.4, 0.5) is 5.69 Å². The second kappa shape index (κ2) is 5.17. The van der Waals surface area contributed by atoms with Crippen molar-refractivity contribution in [2.75, 3.05) is 5.32 Å². The van der Waals surface area contributed by atoms with Gasteiger partial charge in [0.05, 0.1) is 0 Å². The Balaban J connectivity index is 2.19. The van der Waals surface area contributed by atoms with Crippen LogP contribution in [0.1, 0.15) is 20.8 Å². The Morgan fingerprint density at radius 1 is 1.28 bits per heavy atom. The third-order valence-corrected chi connectivity index (χ3v) is 2.84. The molecule has 0 spiro atoms. The van der Waals surface area contributed by atoms with Gasteiger partial charge in [0, 0.05) is 9.26 Å². The van der Waals surface area contributed by atoms with Gasteiger partial charge < -0.3 is 14.9 Å². The zero-order valence-corrected chi connectivity index (χ0v) is 11.0. The lowest BCUT2D eigenvalue weighted by Crippen LogP contribution is -2.16. The standard InChI is InChI=1S/C11H7IN2O4/c12-6-1-3-7(4-2-6)13-10(15)9-8(11(16)17)5-18-14-9/h1-5H,(H,13,15)(H,16,17). The summed E-state index contributed by atoms with van der Waals surface area (Å²) < 4.78 is 5.52. The van der Waals surface area contributed by atoms with Gasteiger partial charge in [-0.3, -0.25) is 4.79 Å². The summed E-state index contributed by atoms with van der Waals surface area (Å²) in [5.74, 6) is -1.88. The fourth-order valence-electron chi connectivity index (χ4n) is 1.28. The number of nitrogens with zero attached hydrogens (tertiary/aromatic N) is 1. The van der Waals surface area contributed by atoms with Crippen LogP contribution in [0.25, 0.3) is 0 Å². The molecule has 0 bridgehead atoms. The third-order valence-electron chi connectivity index (χ3n) is 2.12. The normalized spacial score (nSPS) is 10.1. The van der Waals surface area contributed by atoms with Crippen LogP contribution >= 0.6 is 22.6 Å². The molecule has 92 valence electrons. The number of carboxylic acid groups (broad SMARTS) is 1. The monoisotopic (exact) mass is 358 g/mol. The van der Waals surface area contributed by atoms with E-state index in [0.717, 1.165) is 9.83 Å². The highest BCUT2D eigenvalue weighted by atomic mass is 127. The Morgan fingerprint density at radius 3 is 2.56 bits per heavy atom. The number of hydrogen-bond donors (Lipinski definition) is 2. The van der Waals surface area contributed by atoms with Gasteiger partial charge in [0.1, 0.15) is 11.8 Å². The van der Waals surface area contributed by atoms with Gasteiger partial charge in [-0.1, -0.05) is 5.16 Å². The molecule has 0 aliphatic carbocycles. The molecule has 6 nitrogen and oxygen atoms in total. The van der Waals surface area contributed by atoms with E-state index < -0.39 is 11.9 Å². The summed E-state index contributed by atoms with van der Waals surface area (Å²) >= 11 is 2.14.